The van der Waals surface area contributed by atoms with E-state index in [0.717, 1.165) is 5.56 Å². The van der Waals surface area contributed by atoms with Crippen molar-refractivity contribution in [3.63, 3.8) is 0 Å². The molecule has 1 aliphatic rings. The van der Waals surface area contributed by atoms with Crippen LogP contribution in [-0.2, 0) is 11.2 Å². The number of benzene rings is 1. The van der Waals surface area contributed by atoms with Crippen LogP contribution in [0.3, 0.4) is 0 Å². The monoisotopic (exact) mass is 373 g/mol. The largest absolute Gasteiger partial charge is 0.381 e. The summed E-state index contributed by atoms with van der Waals surface area (Å²) in [4.78, 5) is 24.8. The molecule has 0 unspecified atom stereocenters. The van der Waals surface area contributed by atoms with Crippen molar-refractivity contribution >= 4 is 29.1 Å². The molecule has 0 spiro atoms. The molecule has 138 valence electrons. The molecule has 0 aliphatic carbocycles. The SMILES string of the molecule is CC(C)c1ccc(CC(=O)N2CCN(c3ncc(Cl)nc3N)CC2)cc1. The van der Waals surface area contributed by atoms with Gasteiger partial charge in [0.1, 0.15) is 5.15 Å². The van der Waals surface area contributed by atoms with Gasteiger partial charge in [0, 0.05) is 26.2 Å². The molecule has 1 aromatic carbocycles. The zero-order chi connectivity index (χ0) is 18.7. The Morgan fingerprint density at radius 3 is 2.42 bits per heavy atom. The Kier molecular flexibility index (Phi) is 5.61. The minimum atomic E-state index is 0.150. The van der Waals surface area contributed by atoms with Crippen molar-refractivity contribution in [1.82, 2.24) is 14.9 Å². The molecule has 6 nitrogen and oxygen atoms in total. The van der Waals surface area contributed by atoms with Gasteiger partial charge < -0.3 is 15.5 Å². The molecule has 1 saturated heterocycles. The highest BCUT2D eigenvalue weighted by atomic mass is 35.5. The molecular weight excluding hydrogens is 350 g/mol. The van der Waals surface area contributed by atoms with Crippen LogP contribution in [0.5, 0.6) is 0 Å². The van der Waals surface area contributed by atoms with E-state index in [-0.39, 0.29) is 11.1 Å². The predicted molar refractivity (Wildman–Crippen MR) is 104 cm³/mol. The molecule has 1 aromatic heterocycles. The van der Waals surface area contributed by atoms with Gasteiger partial charge in [-0.25, -0.2) is 9.97 Å². The standard InChI is InChI=1S/C19H24ClN5O/c1-13(2)15-5-3-14(4-6-15)11-17(26)24-7-9-25(10-8-24)19-18(21)23-16(20)12-22-19/h3-6,12-13H,7-11H2,1-2H3,(H2,21,23). The van der Waals surface area contributed by atoms with E-state index in [9.17, 15) is 4.79 Å². The number of nitrogens with two attached hydrogens (primary N) is 1. The van der Waals surface area contributed by atoms with Gasteiger partial charge in [0.25, 0.3) is 0 Å². The third kappa shape index (κ3) is 4.25. The summed E-state index contributed by atoms with van der Waals surface area (Å²) in [5, 5.41) is 0.281. The minimum Gasteiger partial charge on any atom is -0.381 e. The summed E-state index contributed by atoms with van der Waals surface area (Å²) in [5.41, 5.74) is 8.24. The zero-order valence-corrected chi connectivity index (χ0v) is 15.9. The normalized spacial score (nSPS) is 14.8. The van der Waals surface area contributed by atoms with E-state index < -0.39 is 0 Å². The van der Waals surface area contributed by atoms with Crippen LogP contribution in [0, 0.1) is 0 Å². The van der Waals surface area contributed by atoms with E-state index >= 15 is 0 Å². The number of carbonyl (C=O) groups is 1. The first kappa shape index (κ1) is 18.5. The topological polar surface area (TPSA) is 75.4 Å². The molecule has 2 N–H and O–H groups in total. The van der Waals surface area contributed by atoms with E-state index in [1.807, 2.05) is 21.9 Å². The number of anilines is 2. The molecule has 2 aromatic rings. The van der Waals surface area contributed by atoms with Crippen molar-refractivity contribution < 1.29 is 4.79 Å². The van der Waals surface area contributed by atoms with Crippen LogP contribution in [0.25, 0.3) is 0 Å². The van der Waals surface area contributed by atoms with Crippen molar-refractivity contribution in [3.8, 4) is 0 Å². The highest BCUT2D eigenvalue weighted by Crippen LogP contribution is 2.21. The summed E-state index contributed by atoms with van der Waals surface area (Å²) in [5.74, 6) is 1.60. The number of halogens is 1. The lowest BCUT2D eigenvalue weighted by atomic mass is 10.0. The smallest absolute Gasteiger partial charge is 0.227 e. The number of piperazine rings is 1. The summed E-state index contributed by atoms with van der Waals surface area (Å²) < 4.78 is 0. The number of carbonyl (C=O) groups excluding carboxylic acids is 1. The van der Waals surface area contributed by atoms with Gasteiger partial charge in [-0.3, -0.25) is 4.79 Å². The summed E-state index contributed by atoms with van der Waals surface area (Å²) >= 11 is 5.80. The number of nitrogens with zero attached hydrogens (tertiary/aromatic N) is 4. The Labute approximate surface area is 159 Å². The van der Waals surface area contributed by atoms with Gasteiger partial charge in [0.05, 0.1) is 12.6 Å². The van der Waals surface area contributed by atoms with Crippen LogP contribution in [0.4, 0.5) is 11.6 Å². The average Bonchev–Trinajstić information content (AvgIpc) is 2.62. The zero-order valence-electron chi connectivity index (χ0n) is 15.2. The van der Waals surface area contributed by atoms with Crippen LogP contribution < -0.4 is 10.6 Å². The Hall–Kier alpha value is -2.34. The second-order valence-corrected chi connectivity index (χ2v) is 7.23. The lowest BCUT2D eigenvalue weighted by Gasteiger charge is -2.35. The van der Waals surface area contributed by atoms with E-state index in [1.54, 1.807) is 0 Å². The average molecular weight is 374 g/mol. The Morgan fingerprint density at radius 1 is 1.19 bits per heavy atom. The highest BCUT2D eigenvalue weighted by Gasteiger charge is 2.23. The molecule has 0 atom stereocenters. The molecule has 1 aliphatic heterocycles. The Morgan fingerprint density at radius 2 is 1.85 bits per heavy atom. The van der Waals surface area contributed by atoms with Crippen molar-refractivity contribution in [2.24, 2.45) is 0 Å². The molecule has 1 amide bonds. The molecule has 26 heavy (non-hydrogen) atoms. The Bertz CT molecular complexity index is 770. The lowest BCUT2D eigenvalue weighted by molar-refractivity contribution is -0.130. The molecule has 1 fully saturated rings. The molecule has 0 radical (unpaired) electrons. The van der Waals surface area contributed by atoms with Gasteiger partial charge in [0.2, 0.25) is 5.91 Å². The number of hydrogen-bond donors (Lipinski definition) is 1. The summed E-state index contributed by atoms with van der Waals surface area (Å²) in [6, 6.07) is 8.31. The number of hydrogen-bond acceptors (Lipinski definition) is 5. The molecular formula is C19H24ClN5O. The van der Waals surface area contributed by atoms with Crippen LogP contribution >= 0.6 is 11.6 Å². The van der Waals surface area contributed by atoms with Crippen LogP contribution in [0.1, 0.15) is 30.9 Å². The maximum atomic E-state index is 12.6. The number of amides is 1. The van der Waals surface area contributed by atoms with Crippen molar-refractivity contribution in [1.29, 1.82) is 0 Å². The quantitative estimate of drug-likeness (QED) is 0.891. The van der Waals surface area contributed by atoms with E-state index in [1.165, 1.54) is 11.8 Å². The summed E-state index contributed by atoms with van der Waals surface area (Å²) in [6.45, 7) is 6.98. The summed E-state index contributed by atoms with van der Waals surface area (Å²) in [6.07, 6.45) is 1.92. The van der Waals surface area contributed by atoms with Crippen LogP contribution in [0.2, 0.25) is 5.15 Å². The maximum Gasteiger partial charge on any atom is 0.227 e. The van der Waals surface area contributed by atoms with Crippen LogP contribution in [-0.4, -0.2) is 47.0 Å². The number of nitrogen functional groups attached to an aromatic ring is 1. The first-order valence-corrected chi connectivity index (χ1v) is 9.21. The second-order valence-electron chi connectivity index (χ2n) is 6.84. The second kappa shape index (κ2) is 7.91. The number of rotatable bonds is 4. The Balaban J connectivity index is 1.56. The van der Waals surface area contributed by atoms with E-state index in [0.29, 0.717) is 50.2 Å². The van der Waals surface area contributed by atoms with Crippen LogP contribution in [0.15, 0.2) is 30.5 Å². The van der Waals surface area contributed by atoms with Gasteiger partial charge in [-0.2, -0.15) is 0 Å². The van der Waals surface area contributed by atoms with Gasteiger partial charge in [0.15, 0.2) is 11.6 Å². The fourth-order valence-electron chi connectivity index (χ4n) is 3.09. The first-order valence-electron chi connectivity index (χ1n) is 8.83. The molecule has 2 heterocycles. The highest BCUT2D eigenvalue weighted by molar-refractivity contribution is 6.29. The maximum absolute atomic E-state index is 12.6. The van der Waals surface area contributed by atoms with Gasteiger partial charge in [-0.15, -0.1) is 0 Å². The van der Waals surface area contributed by atoms with Gasteiger partial charge >= 0.3 is 0 Å². The molecule has 7 heteroatoms. The van der Waals surface area contributed by atoms with Crippen molar-refractivity contribution in [2.75, 3.05) is 36.8 Å². The molecule has 0 bridgehead atoms. The first-order chi connectivity index (χ1) is 12.4. The third-order valence-corrected chi connectivity index (χ3v) is 4.87. The van der Waals surface area contributed by atoms with E-state index in [2.05, 4.69) is 35.9 Å². The lowest BCUT2D eigenvalue weighted by Crippen LogP contribution is -2.49. The minimum absolute atomic E-state index is 0.150. The van der Waals surface area contributed by atoms with Crippen molar-refractivity contribution in [2.45, 2.75) is 26.2 Å². The number of aromatic nitrogens is 2. The molecule has 0 saturated carbocycles. The predicted octanol–water partition coefficient (Wildman–Crippen LogP) is 2.73. The fourth-order valence-corrected chi connectivity index (χ4v) is 3.23. The third-order valence-electron chi connectivity index (χ3n) is 4.68. The van der Waals surface area contributed by atoms with Gasteiger partial charge in [-0.1, -0.05) is 49.7 Å². The fraction of sp³-hybridized carbons (Fsp3) is 0.421. The van der Waals surface area contributed by atoms with Crippen molar-refractivity contribution in [3.05, 3.63) is 46.7 Å². The molecule has 3 rings (SSSR count). The van der Waals surface area contributed by atoms with E-state index in [4.69, 9.17) is 17.3 Å². The summed E-state index contributed by atoms with van der Waals surface area (Å²) in [7, 11) is 0. The van der Waals surface area contributed by atoms with Gasteiger partial charge in [-0.05, 0) is 17.0 Å².